The minimum Gasteiger partial charge on any atom is -0.348 e. The highest BCUT2D eigenvalue weighted by Crippen LogP contribution is 2.26. The van der Waals surface area contributed by atoms with Crippen LogP contribution >= 0.6 is 0 Å². The molecule has 1 heterocycles. The molecule has 3 N–H and O–H groups in total. The van der Waals surface area contributed by atoms with Crippen molar-refractivity contribution in [3.8, 4) is 11.1 Å². The van der Waals surface area contributed by atoms with E-state index in [2.05, 4.69) is 47.5 Å². The van der Waals surface area contributed by atoms with E-state index in [1.807, 2.05) is 24.3 Å². The van der Waals surface area contributed by atoms with Crippen LogP contribution in [0.2, 0.25) is 0 Å². The molecule has 172 valence electrons. The maximum Gasteiger partial charge on any atom is 0.243 e. The number of hydroxylamine groups is 1. The van der Waals surface area contributed by atoms with Crippen molar-refractivity contribution in [2.24, 2.45) is 7.05 Å². The first-order chi connectivity index (χ1) is 15.3. The van der Waals surface area contributed by atoms with Gasteiger partial charge in [-0.1, -0.05) is 43.2 Å². The summed E-state index contributed by atoms with van der Waals surface area (Å²) in [4.78, 5) is 10.9. The van der Waals surface area contributed by atoms with Crippen LogP contribution in [0.3, 0.4) is 0 Å². The van der Waals surface area contributed by atoms with E-state index in [9.17, 15) is 13.2 Å². The number of carbonyl (C=O) groups excluding carboxylic acids is 1. The molecule has 0 aliphatic rings. The quantitative estimate of drug-likeness (QED) is 0.230. The Kier molecular flexibility index (Phi) is 8.06. The van der Waals surface area contributed by atoms with Gasteiger partial charge < -0.3 is 4.57 Å². The summed E-state index contributed by atoms with van der Waals surface area (Å²) in [6.45, 7) is 2.46. The standard InChI is InChI=1S/C24H31N3O4S/c1-18-15-22-16-21(12-13-23(22)27(18)2)20-10-8-19(9-11-20)17-32(30,31)25-14-6-4-3-5-7-24(28)26-29/h8-13,15-16,25,29H,3-7,14,17H2,1-2H3,(H,26,28). The van der Waals surface area contributed by atoms with Crippen LogP contribution in [-0.2, 0) is 27.6 Å². The molecule has 3 aromatic rings. The average Bonchev–Trinajstić information content (AvgIpc) is 3.06. The number of hydrogen-bond donors (Lipinski definition) is 3. The molecule has 0 spiro atoms. The van der Waals surface area contributed by atoms with Gasteiger partial charge in [0.15, 0.2) is 0 Å². The van der Waals surface area contributed by atoms with E-state index in [0.717, 1.165) is 29.5 Å². The molecule has 0 fully saturated rings. The Morgan fingerprint density at radius 3 is 2.38 bits per heavy atom. The van der Waals surface area contributed by atoms with E-state index >= 15 is 0 Å². The minimum atomic E-state index is -3.40. The lowest BCUT2D eigenvalue weighted by molar-refractivity contribution is -0.129. The van der Waals surface area contributed by atoms with Crippen LogP contribution in [0, 0.1) is 6.92 Å². The number of unbranched alkanes of at least 4 members (excludes halogenated alkanes) is 3. The molecule has 32 heavy (non-hydrogen) atoms. The van der Waals surface area contributed by atoms with Crippen molar-refractivity contribution in [2.45, 2.75) is 44.8 Å². The van der Waals surface area contributed by atoms with E-state index in [4.69, 9.17) is 5.21 Å². The molecule has 0 radical (unpaired) electrons. The molecule has 0 bridgehead atoms. The Labute approximate surface area is 189 Å². The molecule has 0 saturated carbocycles. The fraction of sp³-hybridized carbons (Fsp3) is 0.375. The van der Waals surface area contributed by atoms with Crippen LogP contribution in [-0.4, -0.2) is 30.6 Å². The molecule has 3 rings (SSSR count). The normalized spacial score (nSPS) is 11.7. The summed E-state index contributed by atoms with van der Waals surface area (Å²) < 4.78 is 29.5. The van der Waals surface area contributed by atoms with Gasteiger partial charge in [0.2, 0.25) is 15.9 Å². The number of carbonyl (C=O) groups is 1. The number of aryl methyl sites for hydroxylation is 2. The van der Waals surface area contributed by atoms with Crippen molar-refractivity contribution in [3.05, 3.63) is 59.8 Å². The first kappa shape index (κ1) is 24.0. The van der Waals surface area contributed by atoms with E-state index in [0.29, 0.717) is 19.4 Å². The van der Waals surface area contributed by atoms with Crippen molar-refractivity contribution in [3.63, 3.8) is 0 Å². The number of rotatable bonds is 11. The minimum absolute atomic E-state index is 0.0547. The fourth-order valence-corrected chi connectivity index (χ4v) is 4.97. The Morgan fingerprint density at radius 1 is 0.969 bits per heavy atom. The fourth-order valence-electron chi connectivity index (χ4n) is 3.78. The van der Waals surface area contributed by atoms with E-state index in [1.165, 1.54) is 16.6 Å². The van der Waals surface area contributed by atoms with Gasteiger partial charge in [0.25, 0.3) is 0 Å². The number of aromatic nitrogens is 1. The zero-order valence-corrected chi connectivity index (χ0v) is 19.4. The third kappa shape index (κ3) is 6.41. The molecule has 0 atom stereocenters. The molecular formula is C24H31N3O4S. The van der Waals surface area contributed by atoms with Crippen LogP contribution in [0.4, 0.5) is 0 Å². The summed E-state index contributed by atoms with van der Waals surface area (Å²) >= 11 is 0. The summed E-state index contributed by atoms with van der Waals surface area (Å²) in [7, 11) is -1.35. The smallest absolute Gasteiger partial charge is 0.243 e. The monoisotopic (exact) mass is 457 g/mol. The van der Waals surface area contributed by atoms with Crippen molar-refractivity contribution >= 4 is 26.8 Å². The van der Waals surface area contributed by atoms with Gasteiger partial charge in [-0.25, -0.2) is 18.6 Å². The zero-order valence-electron chi connectivity index (χ0n) is 18.6. The molecule has 7 nitrogen and oxygen atoms in total. The lowest BCUT2D eigenvalue weighted by atomic mass is 10.0. The SMILES string of the molecule is Cc1cc2cc(-c3ccc(CS(=O)(=O)NCCCCCCC(=O)NO)cc3)ccc2n1C. The van der Waals surface area contributed by atoms with Crippen molar-refractivity contribution in [2.75, 3.05) is 6.54 Å². The third-order valence-corrected chi connectivity index (χ3v) is 7.06. The maximum absolute atomic E-state index is 12.4. The van der Waals surface area contributed by atoms with E-state index < -0.39 is 15.9 Å². The first-order valence-electron chi connectivity index (χ1n) is 10.8. The Morgan fingerprint density at radius 2 is 1.66 bits per heavy atom. The molecular weight excluding hydrogens is 426 g/mol. The van der Waals surface area contributed by atoms with Gasteiger partial charge in [0.1, 0.15) is 0 Å². The van der Waals surface area contributed by atoms with E-state index in [1.54, 1.807) is 5.48 Å². The molecule has 0 saturated heterocycles. The molecule has 0 aliphatic heterocycles. The Bertz CT molecular complexity index is 1170. The highest BCUT2D eigenvalue weighted by Gasteiger charge is 2.11. The van der Waals surface area contributed by atoms with Crippen molar-refractivity contribution in [1.29, 1.82) is 0 Å². The van der Waals surface area contributed by atoms with Gasteiger partial charge in [-0.05, 0) is 54.7 Å². The summed E-state index contributed by atoms with van der Waals surface area (Å²) in [6, 6.07) is 16.2. The van der Waals surface area contributed by atoms with Gasteiger partial charge in [-0.3, -0.25) is 10.0 Å². The molecule has 1 amide bonds. The predicted molar refractivity (Wildman–Crippen MR) is 127 cm³/mol. The summed E-state index contributed by atoms with van der Waals surface area (Å²) in [5.74, 6) is -0.451. The molecule has 8 heteroatoms. The Balaban J connectivity index is 1.50. The first-order valence-corrected chi connectivity index (χ1v) is 12.5. The second kappa shape index (κ2) is 10.8. The van der Waals surface area contributed by atoms with E-state index in [-0.39, 0.29) is 12.2 Å². The lowest BCUT2D eigenvalue weighted by Crippen LogP contribution is -2.26. The maximum atomic E-state index is 12.4. The number of nitrogens with zero attached hydrogens (tertiary/aromatic N) is 1. The number of fused-ring (bicyclic) bond motifs is 1. The second-order valence-corrected chi connectivity index (χ2v) is 9.97. The summed E-state index contributed by atoms with van der Waals surface area (Å²) in [5.41, 5.74) is 6.90. The largest absolute Gasteiger partial charge is 0.348 e. The van der Waals surface area contributed by atoms with Crippen LogP contribution < -0.4 is 10.2 Å². The zero-order chi connectivity index (χ0) is 23.1. The average molecular weight is 458 g/mol. The van der Waals surface area contributed by atoms with Crippen molar-refractivity contribution < 1.29 is 18.4 Å². The Hall–Kier alpha value is -2.68. The topological polar surface area (TPSA) is 100 Å². The van der Waals surface area contributed by atoms with Crippen LogP contribution in [0.5, 0.6) is 0 Å². The summed E-state index contributed by atoms with van der Waals surface area (Å²) in [5, 5.41) is 9.62. The van der Waals surface area contributed by atoms with Gasteiger partial charge in [0.05, 0.1) is 5.75 Å². The van der Waals surface area contributed by atoms with Crippen LogP contribution in [0.1, 0.15) is 43.4 Å². The number of nitrogens with one attached hydrogen (secondary N) is 2. The summed E-state index contributed by atoms with van der Waals surface area (Å²) in [6.07, 6.45) is 3.28. The molecule has 0 aliphatic carbocycles. The number of amides is 1. The second-order valence-electron chi connectivity index (χ2n) is 8.17. The molecule has 1 aromatic heterocycles. The predicted octanol–water partition coefficient (Wildman–Crippen LogP) is 4.03. The van der Waals surface area contributed by atoms with Gasteiger partial charge in [-0.15, -0.1) is 0 Å². The molecule has 2 aromatic carbocycles. The van der Waals surface area contributed by atoms with Gasteiger partial charge >= 0.3 is 0 Å². The van der Waals surface area contributed by atoms with Gasteiger partial charge in [0, 0.05) is 36.6 Å². The highest BCUT2D eigenvalue weighted by atomic mass is 32.2. The van der Waals surface area contributed by atoms with Crippen LogP contribution in [0.25, 0.3) is 22.0 Å². The lowest BCUT2D eigenvalue weighted by Gasteiger charge is -2.08. The van der Waals surface area contributed by atoms with Crippen molar-refractivity contribution in [1.82, 2.24) is 14.8 Å². The number of hydrogen-bond acceptors (Lipinski definition) is 4. The third-order valence-electron chi connectivity index (χ3n) is 5.70. The number of benzene rings is 2. The highest BCUT2D eigenvalue weighted by molar-refractivity contribution is 7.88. The van der Waals surface area contributed by atoms with Crippen LogP contribution in [0.15, 0.2) is 48.5 Å². The van der Waals surface area contributed by atoms with Gasteiger partial charge in [-0.2, -0.15) is 0 Å². The molecule has 0 unspecified atom stereocenters. The number of sulfonamides is 1.